The van der Waals surface area contributed by atoms with E-state index in [-0.39, 0.29) is 45.4 Å². The van der Waals surface area contributed by atoms with Crippen molar-refractivity contribution in [2.75, 3.05) is 79.2 Å². The molecule has 0 heterocycles. The third kappa shape index (κ3) is 15.0. The summed E-state index contributed by atoms with van der Waals surface area (Å²) >= 11 is 0. The van der Waals surface area contributed by atoms with E-state index in [4.69, 9.17) is 33.2 Å². The summed E-state index contributed by atoms with van der Waals surface area (Å²) in [4.78, 5) is 35.5. The topological polar surface area (TPSA) is 128 Å². The molecule has 0 bridgehead atoms. The van der Waals surface area contributed by atoms with Crippen LogP contribution in [-0.2, 0) is 33.2 Å². The highest BCUT2D eigenvalue weighted by molar-refractivity contribution is 6.10. The molecule has 1 amide bonds. The number of amides is 1. The highest BCUT2D eigenvalue weighted by Crippen LogP contribution is 2.21. The number of rotatable bonds is 22. The van der Waals surface area contributed by atoms with Crippen LogP contribution in [0.15, 0.2) is 66.7 Å². The first-order valence-electron chi connectivity index (χ1n) is 13.3. The Bertz CT molecular complexity index is 1060. The first-order chi connectivity index (χ1) is 20.0. The lowest BCUT2D eigenvalue weighted by Crippen LogP contribution is -2.29. The molecule has 1 N–H and O–H groups in total. The van der Waals surface area contributed by atoms with Crippen LogP contribution in [0.25, 0.3) is 0 Å². The molecule has 0 radical (unpaired) electrons. The largest absolute Gasteiger partial charge is 0.490 e. The summed E-state index contributed by atoms with van der Waals surface area (Å²) in [6.07, 6.45) is -0.574. The zero-order valence-electron chi connectivity index (χ0n) is 23.5. The molecule has 0 fully saturated rings. The molecule has 2 aromatic carbocycles. The van der Waals surface area contributed by atoms with Crippen LogP contribution in [0.4, 0.5) is 4.79 Å². The predicted molar refractivity (Wildman–Crippen MR) is 150 cm³/mol. The maximum atomic E-state index is 12.7. The van der Waals surface area contributed by atoms with E-state index in [9.17, 15) is 14.4 Å². The zero-order chi connectivity index (χ0) is 29.5. The van der Waals surface area contributed by atoms with Gasteiger partial charge in [0.1, 0.15) is 25.6 Å². The van der Waals surface area contributed by atoms with Gasteiger partial charge < -0.3 is 38.5 Å². The molecule has 2 rings (SSSR count). The summed E-state index contributed by atoms with van der Waals surface area (Å²) in [5.74, 6) is -0.0372. The summed E-state index contributed by atoms with van der Waals surface area (Å²) in [5, 5.41) is 2.54. The van der Waals surface area contributed by atoms with Gasteiger partial charge in [-0.25, -0.2) is 9.59 Å². The van der Waals surface area contributed by atoms with Gasteiger partial charge in [0.15, 0.2) is 5.78 Å². The van der Waals surface area contributed by atoms with Crippen molar-refractivity contribution in [1.29, 1.82) is 0 Å². The minimum Gasteiger partial charge on any atom is -0.490 e. The number of carbonyl (C=O) groups excluding carboxylic acids is 3. The average Bonchev–Trinajstić information content (AvgIpc) is 2.99. The van der Waals surface area contributed by atoms with E-state index in [1.165, 1.54) is 0 Å². The molecule has 0 aliphatic carbocycles. The quantitative estimate of drug-likeness (QED) is 0.0971. The third-order valence-electron chi connectivity index (χ3n) is 5.18. The molecule has 2 aromatic rings. The Hall–Kier alpha value is -3.77. The number of hydrogen-bond acceptors (Lipinski definition) is 10. The van der Waals surface area contributed by atoms with Gasteiger partial charge in [0.05, 0.1) is 58.4 Å². The van der Waals surface area contributed by atoms with Crippen molar-refractivity contribution in [3.05, 3.63) is 77.9 Å². The van der Waals surface area contributed by atoms with Gasteiger partial charge in [0.2, 0.25) is 0 Å². The third-order valence-corrected chi connectivity index (χ3v) is 5.18. The van der Waals surface area contributed by atoms with E-state index in [0.717, 1.165) is 0 Å². The first kappa shape index (κ1) is 33.4. The lowest BCUT2D eigenvalue weighted by Gasteiger charge is -2.11. The van der Waals surface area contributed by atoms with Crippen molar-refractivity contribution in [2.24, 2.45) is 0 Å². The van der Waals surface area contributed by atoms with E-state index >= 15 is 0 Å². The Labute approximate surface area is 240 Å². The van der Waals surface area contributed by atoms with Gasteiger partial charge in [-0.1, -0.05) is 49.0 Å². The highest BCUT2D eigenvalue weighted by Gasteiger charge is 2.14. The molecule has 0 saturated carbocycles. The maximum Gasteiger partial charge on any atom is 0.407 e. The monoisotopic (exact) mass is 573 g/mol. The summed E-state index contributed by atoms with van der Waals surface area (Å²) in [6, 6.07) is 16.2. The van der Waals surface area contributed by atoms with E-state index in [2.05, 4.69) is 11.9 Å². The molecule has 0 aliphatic rings. The van der Waals surface area contributed by atoms with Crippen molar-refractivity contribution in [2.45, 2.75) is 6.92 Å². The number of nitrogens with one attached hydrogen (secondary N) is 1. The molecule has 0 atom stereocenters. The van der Waals surface area contributed by atoms with Crippen molar-refractivity contribution >= 4 is 17.8 Å². The minimum absolute atomic E-state index is 0.0910. The number of ether oxygens (including phenoxy) is 7. The normalized spacial score (nSPS) is 10.6. The van der Waals surface area contributed by atoms with Gasteiger partial charge in [-0.15, -0.1) is 0 Å². The van der Waals surface area contributed by atoms with Crippen LogP contribution in [0.2, 0.25) is 0 Å². The molecular formula is C30H39NO10. The number of para-hydroxylation sites is 1. The van der Waals surface area contributed by atoms with Gasteiger partial charge >= 0.3 is 12.1 Å². The fraction of sp³-hybridized carbons (Fsp3) is 0.433. The summed E-state index contributed by atoms with van der Waals surface area (Å²) < 4.78 is 37.2. The summed E-state index contributed by atoms with van der Waals surface area (Å²) in [6.45, 7) is 8.41. The lowest BCUT2D eigenvalue weighted by atomic mass is 10.0. The molecule has 0 aliphatic heterocycles. The van der Waals surface area contributed by atoms with Gasteiger partial charge in [-0.2, -0.15) is 0 Å². The molecule has 0 saturated heterocycles. The second kappa shape index (κ2) is 21.0. The van der Waals surface area contributed by atoms with Crippen molar-refractivity contribution in [1.82, 2.24) is 5.32 Å². The van der Waals surface area contributed by atoms with E-state index in [0.29, 0.717) is 62.1 Å². The Balaban J connectivity index is 1.38. The Kier molecular flexibility index (Phi) is 17.2. The molecule has 11 heteroatoms. The second-order valence-corrected chi connectivity index (χ2v) is 8.47. The molecule has 0 spiro atoms. The minimum atomic E-state index is -0.574. The molecule has 0 aromatic heterocycles. The van der Waals surface area contributed by atoms with Crippen LogP contribution in [-0.4, -0.2) is 97.1 Å². The van der Waals surface area contributed by atoms with Crippen LogP contribution >= 0.6 is 0 Å². The number of benzene rings is 2. The number of ketones is 1. The van der Waals surface area contributed by atoms with Crippen LogP contribution < -0.4 is 10.1 Å². The fourth-order valence-corrected chi connectivity index (χ4v) is 3.17. The van der Waals surface area contributed by atoms with Crippen LogP contribution in [0.5, 0.6) is 5.75 Å². The summed E-state index contributed by atoms with van der Waals surface area (Å²) in [5.41, 5.74) is 1.44. The van der Waals surface area contributed by atoms with Gasteiger partial charge in [-0.3, -0.25) is 4.79 Å². The van der Waals surface area contributed by atoms with Gasteiger partial charge in [0, 0.05) is 17.7 Å². The Morgan fingerprint density at radius 3 is 1.85 bits per heavy atom. The van der Waals surface area contributed by atoms with Gasteiger partial charge in [-0.05, 0) is 19.1 Å². The van der Waals surface area contributed by atoms with E-state index in [1.54, 1.807) is 37.3 Å². The van der Waals surface area contributed by atoms with Crippen molar-refractivity contribution in [3.63, 3.8) is 0 Å². The smallest absolute Gasteiger partial charge is 0.407 e. The second-order valence-electron chi connectivity index (χ2n) is 8.47. The first-order valence-corrected chi connectivity index (χ1v) is 13.3. The number of esters is 1. The van der Waals surface area contributed by atoms with E-state index < -0.39 is 12.1 Å². The fourth-order valence-electron chi connectivity index (χ4n) is 3.17. The van der Waals surface area contributed by atoms with E-state index in [1.807, 2.05) is 24.3 Å². The maximum absolute atomic E-state index is 12.7. The average molecular weight is 574 g/mol. The van der Waals surface area contributed by atoms with Crippen LogP contribution in [0.3, 0.4) is 0 Å². The standard InChI is InChI=1S/C30H39NO10/c1-24(2)29(33)40-22-19-35-13-12-31-30(34)41-23-20-38-17-15-36-14-16-37-18-21-39-27-11-7-6-10-26(27)28(32)25-8-4-3-5-9-25/h3-11H,1,12-23H2,2H3,(H,31,34). The zero-order valence-corrected chi connectivity index (χ0v) is 23.5. The molecule has 41 heavy (non-hydrogen) atoms. The molecule has 11 nitrogen and oxygen atoms in total. The van der Waals surface area contributed by atoms with Crippen LogP contribution in [0, 0.1) is 0 Å². The number of carbonyl (C=O) groups is 3. The lowest BCUT2D eigenvalue weighted by molar-refractivity contribution is -0.140. The van der Waals surface area contributed by atoms with Crippen molar-refractivity contribution in [3.8, 4) is 5.75 Å². The number of alkyl carbamates (subject to hydrolysis) is 1. The predicted octanol–water partition coefficient (Wildman–Crippen LogP) is 3.21. The Morgan fingerprint density at radius 2 is 1.20 bits per heavy atom. The van der Waals surface area contributed by atoms with Crippen LogP contribution in [0.1, 0.15) is 22.8 Å². The molecular weight excluding hydrogens is 534 g/mol. The van der Waals surface area contributed by atoms with Crippen molar-refractivity contribution < 1.29 is 47.5 Å². The highest BCUT2D eigenvalue weighted by atomic mass is 16.6. The molecule has 224 valence electrons. The SMILES string of the molecule is C=C(C)C(=O)OCCOCCNC(=O)OCCOCCOCCOCCOc1ccccc1C(=O)c1ccccc1. The van der Waals surface area contributed by atoms with Gasteiger partial charge in [0.25, 0.3) is 0 Å². The summed E-state index contributed by atoms with van der Waals surface area (Å²) in [7, 11) is 0. The number of hydrogen-bond donors (Lipinski definition) is 1. The molecule has 0 unspecified atom stereocenters. The Morgan fingerprint density at radius 1 is 0.659 bits per heavy atom.